The lowest BCUT2D eigenvalue weighted by molar-refractivity contribution is 0.0853. The molecule has 0 fully saturated rings. The lowest BCUT2D eigenvalue weighted by atomic mass is 9.95. The fraction of sp³-hybridized carbons (Fsp3) is 0.462. The summed E-state index contributed by atoms with van der Waals surface area (Å²) in [4.78, 5) is 12.1. The Morgan fingerprint density at radius 2 is 2.06 bits per heavy atom. The van der Waals surface area contributed by atoms with Gasteiger partial charge in [-0.2, -0.15) is 0 Å². The van der Waals surface area contributed by atoms with Gasteiger partial charge in [0, 0.05) is 12.0 Å². The average Bonchev–Trinajstić information content (AvgIpc) is 2.39. The Hall–Kier alpha value is -1.55. The van der Waals surface area contributed by atoms with E-state index in [0.29, 0.717) is 23.5 Å². The minimum atomic E-state index is -0.378. The van der Waals surface area contributed by atoms with Gasteiger partial charge in [-0.15, -0.1) is 0 Å². The lowest BCUT2D eigenvalue weighted by Gasteiger charge is -2.14. The third kappa shape index (κ3) is 2.97. The smallest absolute Gasteiger partial charge is 0.171 e. The van der Waals surface area contributed by atoms with E-state index in [0.717, 1.165) is 0 Å². The number of rotatable bonds is 6. The zero-order valence-corrected chi connectivity index (χ0v) is 10.4. The number of carbonyl (C=O) groups excluding carboxylic acids is 1. The standard InChI is InChI=1S/C13H18O4/c1-4-9(8-14)13(15)11-6-5-10(16-2)7-12(11)17-3/h5-7,9,14H,4,8H2,1-3H3. The monoisotopic (exact) mass is 238 g/mol. The van der Waals surface area contributed by atoms with Crippen molar-refractivity contribution < 1.29 is 19.4 Å². The van der Waals surface area contributed by atoms with Crippen molar-refractivity contribution in [3.05, 3.63) is 23.8 Å². The largest absolute Gasteiger partial charge is 0.497 e. The summed E-state index contributed by atoms with van der Waals surface area (Å²) >= 11 is 0. The zero-order valence-electron chi connectivity index (χ0n) is 10.4. The van der Waals surface area contributed by atoms with Crippen molar-refractivity contribution in [1.82, 2.24) is 0 Å². The van der Waals surface area contributed by atoms with Crippen LogP contribution in [-0.2, 0) is 0 Å². The van der Waals surface area contributed by atoms with Gasteiger partial charge in [0.2, 0.25) is 0 Å². The average molecular weight is 238 g/mol. The van der Waals surface area contributed by atoms with E-state index >= 15 is 0 Å². The number of Topliss-reactive ketones (excluding diaryl/α,β-unsaturated/α-hetero) is 1. The number of ether oxygens (including phenoxy) is 2. The van der Waals surface area contributed by atoms with Crippen molar-refractivity contribution in [2.24, 2.45) is 5.92 Å². The van der Waals surface area contributed by atoms with Crippen LogP contribution in [0.15, 0.2) is 18.2 Å². The number of aliphatic hydroxyl groups excluding tert-OH is 1. The third-order valence-electron chi connectivity index (χ3n) is 2.76. The summed E-state index contributed by atoms with van der Waals surface area (Å²) in [6, 6.07) is 5.04. The highest BCUT2D eigenvalue weighted by molar-refractivity contribution is 6.00. The molecular weight excluding hydrogens is 220 g/mol. The first-order valence-corrected chi connectivity index (χ1v) is 5.55. The minimum Gasteiger partial charge on any atom is -0.497 e. The minimum absolute atomic E-state index is 0.102. The van der Waals surface area contributed by atoms with Crippen LogP contribution in [0.4, 0.5) is 0 Å². The Kier molecular flexibility index (Phi) is 4.97. The molecule has 0 aliphatic rings. The van der Waals surface area contributed by atoms with Crippen molar-refractivity contribution in [2.45, 2.75) is 13.3 Å². The van der Waals surface area contributed by atoms with E-state index in [2.05, 4.69) is 0 Å². The SMILES string of the molecule is CCC(CO)C(=O)c1ccc(OC)cc1OC. The van der Waals surface area contributed by atoms with Crippen LogP contribution in [0, 0.1) is 5.92 Å². The van der Waals surface area contributed by atoms with E-state index in [4.69, 9.17) is 14.6 Å². The number of methoxy groups -OCH3 is 2. The molecule has 4 nitrogen and oxygen atoms in total. The van der Waals surface area contributed by atoms with E-state index < -0.39 is 0 Å². The summed E-state index contributed by atoms with van der Waals surface area (Å²) < 4.78 is 10.2. The van der Waals surface area contributed by atoms with Crippen LogP contribution in [0.25, 0.3) is 0 Å². The first-order valence-electron chi connectivity index (χ1n) is 5.55. The van der Waals surface area contributed by atoms with E-state index in [9.17, 15) is 4.79 Å². The van der Waals surface area contributed by atoms with Gasteiger partial charge in [-0.1, -0.05) is 6.92 Å². The highest BCUT2D eigenvalue weighted by Crippen LogP contribution is 2.27. The summed E-state index contributed by atoms with van der Waals surface area (Å²) in [7, 11) is 3.06. The first kappa shape index (κ1) is 13.5. The molecule has 17 heavy (non-hydrogen) atoms. The predicted octanol–water partition coefficient (Wildman–Crippen LogP) is 1.90. The Bertz CT molecular complexity index is 383. The van der Waals surface area contributed by atoms with Gasteiger partial charge in [0.05, 0.1) is 26.4 Å². The van der Waals surface area contributed by atoms with Crippen LogP contribution in [0.5, 0.6) is 11.5 Å². The van der Waals surface area contributed by atoms with Gasteiger partial charge in [-0.05, 0) is 18.6 Å². The van der Waals surface area contributed by atoms with Gasteiger partial charge in [-0.25, -0.2) is 0 Å². The molecule has 4 heteroatoms. The summed E-state index contributed by atoms with van der Waals surface area (Å²) in [5.74, 6) is 0.628. The van der Waals surface area contributed by atoms with Gasteiger partial charge in [-0.3, -0.25) is 4.79 Å². The maximum Gasteiger partial charge on any atom is 0.171 e. The molecule has 0 aromatic heterocycles. The number of hydrogen-bond acceptors (Lipinski definition) is 4. The zero-order chi connectivity index (χ0) is 12.8. The molecular formula is C13H18O4. The Morgan fingerprint density at radius 3 is 2.53 bits per heavy atom. The Labute approximate surface area is 101 Å². The van der Waals surface area contributed by atoms with Crippen LogP contribution in [-0.4, -0.2) is 31.7 Å². The molecule has 0 saturated carbocycles. The van der Waals surface area contributed by atoms with Gasteiger partial charge in [0.15, 0.2) is 5.78 Å². The van der Waals surface area contributed by atoms with Crippen LogP contribution in [0.3, 0.4) is 0 Å². The number of aliphatic hydroxyl groups is 1. The van der Waals surface area contributed by atoms with Crippen molar-refractivity contribution in [2.75, 3.05) is 20.8 Å². The second-order valence-electron chi connectivity index (χ2n) is 3.72. The van der Waals surface area contributed by atoms with Crippen LogP contribution in [0.2, 0.25) is 0 Å². The van der Waals surface area contributed by atoms with E-state index in [1.807, 2.05) is 6.92 Å². The quantitative estimate of drug-likeness (QED) is 0.769. The summed E-state index contributed by atoms with van der Waals surface area (Å²) in [6.45, 7) is 1.72. The maximum absolute atomic E-state index is 12.1. The molecule has 1 unspecified atom stereocenters. The highest BCUT2D eigenvalue weighted by Gasteiger charge is 2.21. The fourth-order valence-corrected chi connectivity index (χ4v) is 1.62. The number of hydrogen-bond donors (Lipinski definition) is 1. The topological polar surface area (TPSA) is 55.8 Å². The maximum atomic E-state index is 12.1. The van der Waals surface area contributed by atoms with Crippen molar-refractivity contribution >= 4 is 5.78 Å². The van der Waals surface area contributed by atoms with E-state index in [-0.39, 0.29) is 18.3 Å². The molecule has 0 radical (unpaired) electrons. The van der Waals surface area contributed by atoms with Gasteiger partial charge in [0.25, 0.3) is 0 Å². The predicted molar refractivity (Wildman–Crippen MR) is 64.7 cm³/mol. The molecule has 1 rings (SSSR count). The number of ketones is 1. The normalized spacial score (nSPS) is 12.0. The van der Waals surface area contributed by atoms with Crippen LogP contribution < -0.4 is 9.47 Å². The summed E-state index contributed by atoms with van der Waals surface area (Å²) in [5, 5.41) is 9.14. The fourth-order valence-electron chi connectivity index (χ4n) is 1.62. The third-order valence-corrected chi connectivity index (χ3v) is 2.76. The molecule has 1 N–H and O–H groups in total. The lowest BCUT2D eigenvalue weighted by Crippen LogP contribution is -2.18. The second kappa shape index (κ2) is 6.25. The van der Waals surface area contributed by atoms with Crippen molar-refractivity contribution in [1.29, 1.82) is 0 Å². The molecule has 0 amide bonds. The summed E-state index contributed by atoms with van der Waals surface area (Å²) in [6.07, 6.45) is 0.602. The molecule has 0 spiro atoms. The van der Waals surface area contributed by atoms with Gasteiger partial charge in [0.1, 0.15) is 11.5 Å². The molecule has 0 saturated heterocycles. The first-order chi connectivity index (χ1) is 8.17. The van der Waals surface area contributed by atoms with Crippen molar-refractivity contribution in [3.63, 3.8) is 0 Å². The Balaban J connectivity index is 3.08. The molecule has 1 aromatic rings. The Morgan fingerprint density at radius 1 is 1.35 bits per heavy atom. The number of benzene rings is 1. The molecule has 0 aliphatic carbocycles. The van der Waals surface area contributed by atoms with Crippen molar-refractivity contribution in [3.8, 4) is 11.5 Å². The van der Waals surface area contributed by atoms with E-state index in [1.54, 1.807) is 25.3 Å². The number of carbonyl (C=O) groups is 1. The van der Waals surface area contributed by atoms with E-state index in [1.165, 1.54) is 7.11 Å². The molecule has 0 aliphatic heterocycles. The van der Waals surface area contributed by atoms with Gasteiger partial charge < -0.3 is 14.6 Å². The van der Waals surface area contributed by atoms with Crippen LogP contribution in [0.1, 0.15) is 23.7 Å². The molecule has 0 bridgehead atoms. The molecule has 0 heterocycles. The highest BCUT2D eigenvalue weighted by atomic mass is 16.5. The summed E-state index contributed by atoms with van der Waals surface area (Å²) in [5.41, 5.74) is 0.481. The van der Waals surface area contributed by atoms with Gasteiger partial charge >= 0.3 is 0 Å². The molecule has 1 atom stereocenters. The molecule has 94 valence electrons. The van der Waals surface area contributed by atoms with Crippen LogP contribution >= 0.6 is 0 Å². The second-order valence-corrected chi connectivity index (χ2v) is 3.72. The molecule has 1 aromatic carbocycles.